The summed E-state index contributed by atoms with van der Waals surface area (Å²) in [6, 6.07) is 6.53. The van der Waals surface area contributed by atoms with E-state index in [0.29, 0.717) is 12.1 Å². The van der Waals surface area contributed by atoms with E-state index in [2.05, 4.69) is 5.32 Å². The minimum Gasteiger partial charge on any atom is -0.389 e. The van der Waals surface area contributed by atoms with Crippen LogP contribution in [-0.2, 0) is 11.3 Å². The second kappa shape index (κ2) is 8.62. The second-order valence-corrected chi connectivity index (χ2v) is 6.30. The van der Waals surface area contributed by atoms with Gasteiger partial charge in [-0.2, -0.15) is 11.8 Å². The Bertz CT molecular complexity index is 399. The van der Waals surface area contributed by atoms with Gasteiger partial charge in [0.15, 0.2) is 0 Å². The van der Waals surface area contributed by atoms with E-state index in [-0.39, 0.29) is 19.0 Å². The molecule has 1 saturated heterocycles. The molecule has 112 valence electrons. The summed E-state index contributed by atoms with van der Waals surface area (Å²) in [5.74, 6) is 2.93. The van der Waals surface area contributed by atoms with Crippen molar-refractivity contribution in [2.75, 3.05) is 31.2 Å². The summed E-state index contributed by atoms with van der Waals surface area (Å²) in [5, 5.41) is 13.1. The lowest BCUT2D eigenvalue weighted by Gasteiger charge is -2.14. The summed E-state index contributed by atoms with van der Waals surface area (Å²) >= 11 is 1.99. The Kier molecular flexibility index (Phi) is 6.79. The molecule has 2 N–H and O–H groups in total. The molecule has 0 bridgehead atoms. The van der Waals surface area contributed by atoms with Crippen molar-refractivity contribution in [3.63, 3.8) is 0 Å². The van der Waals surface area contributed by atoms with Crippen LogP contribution in [0.1, 0.15) is 12.0 Å². The molecule has 1 aromatic carbocycles. The molecular formula is C15H22FNO2S. The van der Waals surface area contributed by atoms with Crippen LogP contribution in [0.5, 0.6) is 0 Å². The molecule has 1 aliphatic rings. The molecule has 0 spiro atoms. The van der Waals surface area contributed by atoms with Gasteiger partial charge in [-0.3, -0.25) is 0 Å². The number of hydrogen-bond acceptors (Lipinski definition) is 4. The van der Waals surface area contributed by atoms with Crippen molar-refractivity contribution in [3.05, 3.63) is 35.6 Å². The van der Waals surface area contributed by atoms with Crippen LogP contribution in [-0.4, -0.2) is 42.4 Å². The van der Waals surface area contributed by atoms with Gasteiger partial charge < -0.3 is 15.2 Å². The van der Waals surface area contributed by atoms with Crippen LogP contribution in [0.4, 0.5) is 4.39 Å². The molecule has 1 aliphatic heterocycles. The summed E-state index contributed by atoms with van der Waals surface area (Å²) < 4.78 is 18.7. The van der Waals surface area contributed by atoms with E-state index >= 15 is 0 Å². The first kappa shape index (κ1) is 15.8. The highest BCUT2D eigenvalue weighted by Gasteiger charge is 2.15. The smallest absolute Gasteiger partial charge is 0.128 e. The summed E-state index contributed by atoms with van der Waals surface area (Å²) in [7, 11) is 0. The first-order chi connectivity index (χ1) is 9.75. The number of rotatable bonds is 8. The zero-order chi connectivity index (χ0) is 14.2. The normalized spacial score (nSPS) is 20.2. The monoisotopic (exact) mass is 299 g/mol. The number of aliphatic hydroxyl groups is 1. The summed E-state index contributed by atoms with van der Waals surface area (Å²) in [6.07, 6.45) is 0.716. The van der Waals surface area contributed by atoms with Crippen molar-refractivity contribution in [1.82, 2.24) is 5.32 Å². The zero-order valence-electron chi connectivity index (χ0n) is 11.6. The molecule has 0 aromatic heterocycles. The Hall–Kier alpha value is -0.620. The SMILES string of the molecule is OC(CNCC1CCSC1)COCc1ccccc1F. The fourth-order valence-corrected chi connectivity index (χ4v) is 3.46. The number of nitrogens with one attached hydrogen (secondary N) is 1. The third-order valence-electron chi connectivity index (χ3n) is 3.36. The van der Waals surface area contributed by atoms with Crippen LogP contribution in [0, 0.1) is 11.7 Å². The molecule has 0 saturated carbocycles. The number of hydrogen-bond donors (Lipinski definition) is 2. The van der Waals surface area contributed by atoms with Gasteiger partial charge in [-0.25, -0.2) is 4.39 Å². The van der Waals surface area contributed by atoms with Gasteiger partial charge in [-0.15, -0.1) is 0 Å². The molecule has 5 heteroatoms. The van der Waals surface area contributed by atoms with Crippen molar-refractivity contribution in [2.45, 2.75) is 19.1 Å². The van der Waals surface area contributed by atoms with Gasteiger partial charge >= 0.3 is 0 Å². The highest BCUT2D eigenvalue weighted by Crippen LogP contribution is 2.22. The van der Waals surface area contributed by atoms with Crippen LogP contribution in [0.15, 0.2) is 24.3 Å². The highest BCUT2D eigenvalue weighted by atomic mass is 32.2. The van der Waals surface area contributed by atoms with Crippen LogP contribution >= 0.6 is 11.8 Å². The van der Waals surface area contributed by atoms with Gasteiger partial charge in [0.2, 0.25) is 0 Å². The average molecular weight is 299 g/mol. The maximum absolute atomic E-state index is 13.3. The third-order valence-corrected chi connectivity index (χ3v) is 4.59. The van der Waals surface area contributed by atoms with E-state index < -0.39 is 6.10 Å². The van der Waals surface area contributed by atoms with Gasteiger partial charge in [0, 0.05) is 12.1 Å². The van der Waals surface area contributed by atoms with Crippen molar-refractivity contribution >= 4 is 11.8 Å². The zero-order valence-corrected chi connectivity index (χ0v) is 12.4. The number of benzene rings is 1. The molecule has 2 atom stereocenters. The highest BCUT2D eigenvalue weighted by molar-refractivity contribution is 7.99. The minimum atomic E-state index is -0.546. The van der Waals surface area contributed by atoms with Gasteiger partial charge in [0.05, 0.1) is 19.3 Å². The molecule has 0 radical (unpaired) electrons. The molecule has 1 fully saturated rings. The fraction of sp³-hybridized carbons (Fsp3) is 0.600. The molecule has 1 aromatic rings. The van der Waals surface area contributed by atoms with Crippen LogP contribution < -0.4 is 5.32 Å². The second-order valence-electron chi connectivity index (χ2n) is 5.15. The lowest BCUT2D eigenvalue weighted by atomic mass is 10.1. The Morgan fingerprint density at radius 2 is 2.30 bits per heavy atom. The lowest BCUT2D eigenvalue weighted by Crippen LogP contribution is -2.33. The molecule has 1 heterocycles. The summed E-state index contributed by atoms with van der Waals surface area (Å²) in [6.45, 7) is 1.90. The Morgan fingerprint density at radius 3 is 3.05 bits per heavy atom. The standard InChI is InChI=1S/C15H22FNO2S/c16-15-4-2-1-3-13(15)9-19-10-14(18)8-17-7-12-5-6-20-11-12/h1-4,12,14,17-18H,5-11H2. The Balaban J connectivity index is 1.55. The van der Waals surface area contributed by atoms with E-state index in [1.807, 2.05) is 11.8 Å². The fourth-order valence-electron chi connectivity index (χ4n) is 2.18. The van der Waals surface area contributed by atoms with E-state index in [9.17, 15) is 9.50 Å². The van der Waals surface area contributed by atoms with Gasteiger partial charge in [-0.05, 0) is 36.5 Å². The predicted octanol–water partition coefficient (Wildman–Crippen LogP) is 2.05. The Morgan fingerprint density at radius 1 is 1.45 bits per heavy atom. The van der Waals surface area contributed by atoms with Crippen molar-refractivity contribution < 1.29 is 14.2 Å². The number of ether oxygens (including phenoxy) is 1. The molecule has 2 unspecified atom stereocenters. The first-order valence-electron chi connectivity index (χ1n) is 7.03. The van der Waals surface area contributed by atoms with Crippen LogP contribution in [0.3, 0.4) is 0 Å². The van der Waals surface area contributed by atoms with Gasteiger partial charge in [-0.1, -0.05) is 18.2 Å². The first-order valence-corrected chi connectivity index (χ1v) is 8.19. The molecule has 20 heavy (non-hydrogen) atoms. The molecule has 3 nitrogen and oxygen atoms in total. The topological polar surface area (TPSA) is 41.5 Å². The number of halogens is 1. The third kappa shape index (κ3) is 5.40. The summed E-state index contributed by atoms with van der Waals surface area (Å²) in [5.41, 5.74) is 0.524. The average Bonchev–Trinajstić information content (AvgIpc) is 2.94. The van der Waals surface area contributed by atoms with Crippen molar-refractivity contribution in [3.8, 4) is 0 Å². The lowest BCUT2D eigenvalue weighted by molar-refractivity contribution is 0.0276. The molecular weight excluding hydrogens is 277 g/mol. The number of thioether (sulfide) groups is 1. The Labute approximate surface area is 123 Å². The van der Waals surface area contributed by atoms with Gasteiger partial charge in [0.25, 0.3) is 0 Å². The van der Waals surface area contributed by atoms with E-state index in [1.54, 1.807) is 18.2 Å². The quantitative estimate of drug-likeness (QED) is 0.771. The van der Waals surface area contributed by atoms with E-state index in [1.165, 1.54) is 24.0 Å². The maximum atomic E-state index is 13.3. The molecule has 2 rings (SSSR count). The summed E-state index contributed by atoms with van der Waals surface area (Å²) in [4.78, 5) is 0. The minimum absolute atomic E-state index is 0.197. The molecule has 0 amide bonds. The van der Waals surface area contributed by atoms with Crippen molar-refractivity contribution in [1.29, 1.82) is 0 Å². The number of aliphatic hydroxyl groups excluding tert-OH is 1. The molecule has 0 aliphatic carbocycles. The largest absolute Gasteiger partial charge is 0.389 e. The van der Waals surface area contributed by atoms with Crippen LogP contribution in [0.25, 0.3) is 0 Å². The maximum Gasteiger partial charge on any atom is 0.128 e. The van der Waals surface area contributed by atoms with E-state index in [0.717, 1.165) is 12.5 Å². The van der Waals surface area contributed by atoms with Crippen molar-refractivity contribution in [2.24, 2.45) is 5.92 Å². The van der Waals surface area contributed by atoms with Gasteiger partial charge in [0.1, 0.15) is 5.82 Å². The predicted molar refractivity (Wildman–Crippen MR) is 80.4 cm³/mol. The van der Waals surface area contributed by atoms with E-state index in [4.69, 9.17) is 4.74 Å². The van der Waals surface area contributed by atoms with Crippen LogP contribution in [0.2, 0.25) is 0 Å².